The Balaban J connectivity index is 1.75. The van der Waals surface area contributed by atoms with Crippen LogP contribution in [0.15, 0.2) is 27.6 Å². The molecule has 0 aliphatic carbocycles. The van der Waals surface area contributed by atoms with Crippen LogP contribution in [0.1, 0.15) is 24.9 Å². The van der Waals surface area contributed by atoms with E-state index in [0.717, 1.165) is 11.0 Å². The predicted molar refractivity (Wildman–Crippen MR) is 92.1 cm³/mol. The second-order valence-corrected chi connectivity index (χ2v) is 6.85. The lowest BCUT2D eigenvalue weighted by Gasteiger charge is -2.06. The number of primary amides is 1. The van der Waals surface area contributed by atoms with Crippen molar-refractivity contribution < 1.29 is 4.79 Å². The van der Waals surface area contributed by atoms with Gasteiger partial charge in [-0.15, -0.1) is 21.5 Å². The van der Waals surface area contributed by atoms with Crippen molar-refractivity contribution in [2.24, 2.45) is 5.73 Å². The Hall–Kier alpha value is -2.20. The zero-order valence-electron chi connectivity index (χ0n) is 13.0. The highest BCUT2D eigenvalue weighted by Crippen LogP contribution is 2.21. The first-order valence-corrected chi connectivity index (χ1v) is 9.24. The molecule has 24 heavy (non-hydrogen) atoms. The van der Waals surface area contributed by atoms with Crippen LogP contribution in [0.25, 0.3) is 4.96 Å². The number of fused-ring (bicyclic) bond motifs is 1. The third-order valence-corrected chi connectivity index (χ3v) is 5.17. The molecule has 0 aromatic carbocycles. The number of carbonyl (C=O) groups is 1. The third kappa shape index (κ3) is 3.49. The predicted octanol–water partition coefficient (Wildman–Crippen LogP) is 1.08. The smallest absolute Gasteiger partial charge is 0.258 e. The fourth-order valence-corrected chi connectivity index (χ4v) is 3.92. The van der Waals surface area contributed by atoms with Gasteiger partial charge in [-0.3, -0.25) is 14.0 Å². The standard InChI is InChI=1S/C14H16N6O2S2/c1-2-19-11(4-3-10(15)21)17-18-14(19)24-8-9-7-12(22)20-5-6-23-13(20)16-9/h5-7H,2-4,8H2,1H3,(H2,15,21). The maximum absolute atomic E-state index is 12.0. The van der Waals surface area contributed by atoms with Gasteiger partial charge in [0.15, 0.2) is 10.1 Å². The van der Waals surface area contributed by atoms with Crippen molar-refractivity contribution in [3.8, 4) is 0 Å². The van der Waals surface area contributed by atoms with Gasteiger partial charge < -0.3 is 10.3 Å². The van der Waals surface area contributed by atoms with Crippen LogP contribution in [0.2, 0.25) is 0 Å². The molecule has 3 aromatic rings. The number of nitrogens with two attached hydrogens (primary N) is 1. The summed E-state index contributed by atoms with van der Waals surface area (Å²) in [7, 11) is 0. The third-order valence-electron chi connectivity index (χ3n) is 3.41. The number of thiazole rings is 1. The van der Waals surface area contributed by atoms with E-state index in [1.165, 1.54) is 33.6 Å². The highest BCUT2D eigenvalue weighted by atomic mass is 32.2. The molecule has 0 radical (unpaired) electrons. The number of aryl methyl sites for hydroxylation is 1. The lowest BCUT2D eigenvalue weighted by molar-refractivity contribution is -0.118. The van der Waals surface area contributed by atoms with Crippen molar-refractivity contribution in [1.29, 1.82) is 0 Å². The number of aromatic nitrogens is 5. The molecule has 3 aromatic heterocycles. The molecule has 3 heterocycles. The van der Waals surface area contributed by atoms with Crippen LogP contribution in [0, 0.1) is 0 Å². The Kier molecular flexibility index (Phi) is 4.95. The molecule has 0 spiro atoms. The summed E-state index contributed by atoms with van der Waals surface area (Å²) < 4.78 is 3.47. The number of rotatable bonds is 7. The fraction of sp³-hybridized carbons (Fsp3) is 0.357. The minimum Gasteiger partial charge on any atom is -0.370 e. The van der Waals surface area contributed by atoms with E-state index < -0.39 is 0 Å². The van der Waals surface area contributed by atoms with Crippen LogP contribution >= 0.6 is 23.1 Å². The molecule has 0 unspecified atom stereocenters. The minimum absolute atomic E-state index is 0.0871. The number of hydrogen-bond donors (Lipinski definition) is 1. The van der Waals surface area contributed by atoms with Crippen LogP contribution in [-0.2, 0) is 23.5 Å². The van der Waals surface area contributed by atoms with E-state index in [0.29, 0.717) is 29.4 Å². The van der Waals surface area contributed by atoms with Gasteiger partial charge in [-0.05, 0) is 6.92 Å². The lowest BCUT2D eigenvalue weighted by atomic mass is 10.3. The fourth-order valence-electron chi connectivity index (χ4n) is 2.26. The van der Waals surface area contributed by atoms with Crippen molar-refractivity contribution in [2.75, 3.05) is 0 Å². The van der Waals surface area contributed by atoms with Gasteiger partial charge >= 0.3 is 0 Å². The molecule has 0 aliphatic heterocycles. The van der Waals surface area contributed by atoms with Crippen molar-refractivity contribution in [3.05, 3.63) is 39.5 Å². The summed E-state index contributed by atoms with van der Waals surface area (Å²) in [5, 5.41) is 10.9. The second-order valence-electron chi connectivity index (χ2n) is 5.04. The Morgan fingerprint density at radius 1 is 1.42 bits per heavy atom. The highest BCUT2D eigenvalue weighted by Gasteiger charge is 2.13. The van der Waals surface area contributed by atoms with Crippen molar-refractivity contribution in [3.63, 3.8) is 0 Å². The molecule has 0 fully saturated rings. The Bertz CT molecular complexity index is 929. The Morgan fingerprint density at radius 2 is 2.25 bits per heavy atom. The Labute approximate surface area is 145 Å². The van der Waals surface area contributed by atoms with Gasteiger partial charge in [0, 0.05) is 42.8 Å². The normalized spacial score (nSPS) is 11.2. The summed E-state index contributed by atoms with van der Waals surface area (Å²) in [6.07, 6.45) is 2.43. The number of carbonyl (C=O) groups excluding carboxylic acids is 1. The van der Waals surface area contributed by atoms with Crippen LogP contribution in [-0.4, -0.2) is 30.1 Å². The quantitative estimate of drug-likeness (QED) is 0.629. The molecule has 2 N–H and O–H groups in total. The monoisotopic (exact) mass is 364 g/mol. The van der Waals surface area contributed by atoms with E-state index in [4.69, 9.17) is 5.73 Å². The minimum atomic E-state index is -0.358. The van der Waals surface area contributed by atoms with Gasteiger partial charge in [0.1, 0.15) is 5.82 Å². The lowest BCUT2D eigenvalue weighted by Crippen LogP contribution is -2.13. The average molecular weight is 364 g/mol. The van der Waals surface area contributed by atoms with Gasteiger partial charge in [-0.2, -0.15) is 0 Å². The van der Waals surface area contributed by atoms with E-state index >= 15 is 0 Å². The average Bonchev–Trinajstić information content (AvgIpc) is 3.17. The van der Waals surface area contributed by atoms with E-state index in [1.807, 2.05) is 16.9 Å². The first-order valence-electron chi connectivity index (χ1n) is 7.37. The summed E-state index contributed by atoms with van der Waals surface area (Å²) in [6.45, 7) is 2.69. The number of thioether (sulfide) groups is 1. The molecular formula is C14H16N6O2S2. The molecule has 0 saturated heterocycles. The van der Waals surface area contributed by atoms with Crippen LogP contribution < -0.4 is 11.3 Å². The molecule has 0 atom stereocenters. The van der Waals surface area contributed by atoms with Crippen molar-refractivity contribution in [1.82, 2.24) is 24.1 Å². The van der Waals surface area contributed by atoms with Gasteiger partial charge in [-0.1, -0.05) is 11.8 Å². The SMILES string of the molecule is CCn1c(CCC(N)=O)nnc1SCc1cc(=O)n2ccsc2n1. The first kappa shape index (κ1) is 16.7. The van der Waals surface area contributed by atoms with Gasteiger partial charge in [0.25, 0.3) is 5.56 Å². The molecule has 3 rings (SSSR count). The van der Waals surface area contributed by atoms with Gasteiger partial charge in [-0.25, -0.2) is 4.98 Å². The molecule has 126 valence electrons. The summed E-state index contributed by atoms with van der Waals surface area (Å²) >= 11 is 2.89. The molecule has 0 aliphatic rings. The second kappa shape index (κ2) is 7.14. The summed E-state index contributed by atoms with van der Waals surface area (Å²) in [4.78, 5) is 28.1. The van der Waals surface area contributed by atoms with E-state index in [1.54, 1.807) is 6.20 Å². The van der Waals surface area contributed by atoms with E-state index in [9.17, 15) is 9.59 Å². The number of hydrogen-bond acceptors (Lipinski definition) is 7. The van der Waals surface area contributed by atoms with Gasteiger partial charge in [0.05, 0.1) is 5.69 Å². The number of amides is 1. The van der Waals surface area contributed by atoms with E-state index in [2.05, 4.69) is 15.2 Å². The van der Waals surface area contributed by atoms with Crippen LogP contribution in [0.4, 0.5) is 0 Å². The molecule has 0 bridgehead atoms. The van der Waals surface area contributed by atoms with Crippen molar-refractivity contribution >= 4 is 34.0 Å². The summed E-state index contributed by atoms with van der Waals surface area (Å²) in [5.74, 6) is 0.904. The van der Waals surface area contributed by atoms with Crippen LogP contribution in [0.3, 0.4) is 0 Å². The topological polar surface area (TPSA) is 108 Å². The van der Waals surface area contributed by atoms with Gasteiger partial charge in [0.2, 0.25) is 5.91 Å². The maximum atomic E-state index is 12.0. The number of nitrogens with zero attached hydrogens (tertiary/aromatic N) is 5. The van der Waals surface area contributed by atoms with Crippen LogP contribution in [0.5, 0.6) is 0 Å². The maximum Gasteiger partial charge on any atom is 0.258 e. The Morgan fingerprint density at radius 3 is 3.00 bits per heavy atom. The molecule has 0 saturated carbocycles. The molecule has 8 nitrogen and oxygen atoms in total. The first-order chi connectivity index (χ1) is 11.6. The molecule has 10 heteroatoms. The molecular weight excluding hydrogens is 348 g/mol. The van der Waals surface area contributed by atoms with E-state index in [-0.39, 0.29) is 17.9 Å². The summed E-state index contributed by atoms with van der Waals surface area (Å²) in [6, 6.07) is 1.54. The zero-order chi connectivity index (χ0) is 17.1. The molecule has 1 amide bonds. The largest absolute Gasteiger partial charge is 0.370 e. The highest BCUT2D eigenvalue weighted by molar-refractivity contribution is 7.98. The van der Waals surface area contributed by atoms with Crippen molar-refractivity contribution in [2.45, 2.75) is 37.2 Å². The summed E-state index contributed by atoms with van der Waals surface area (Å²) in [5.41, 5.74) is 5.80. The zero-order valence-corrected chi connectivity index (χ0v) is 14.6.